The van der Waals surface area contributed by atoms with E-state index in [1.807, 2.05) is 49.4 Å². The summed E-state index contributed by atoms with van der Waals surface area (Å²) in [6.07, 6.45) is 2.40. The molecule has 8 heteroatoms. The quantitative estimate of drug-likeness (QED) is 0.341. The first kappa shape index (κ1) is 23.8. The van der Waals surface area contributed by atoms with Gasteiger partial charge in [-0.15, -0.1) is 0 Å². The summed E-state index contributed by atoms with van der Waals surface area (Å²) in [5, 5.41) is 9.11. The Bertz CT molecular complexity index is 931. The van der Waals surface area contributed by atoms with Gasteiger partial charge in [0.1, 0.15) is 17.5 Å². The van der Waals surface area contributed by atoms with E-state index in [9.17, 15) is 9.59 Å². The van der Waals surface area contributed by atoms with Crippen molar-refractivity contribution in [2.24, 2.45) is 0 Å². The zero-order chi connectivity index (χ0) is 22.6. The van der Waals surface area contributed by atoms with Crippen molar-refractivity contribution in [1.29, 1.82) is 0 Å². The van der Waals surface area contributed by atoms with Crippen LogP contribution in [-0.2, 0) is 15.0 Å². The minimum absolute atomic E-state index is 0.116. The summed E-state index contributed by atoms with van der Waals surface area (Å²) < 4.78 is 7.73. The molecule has 0 aromatic heterocycles. The van der Waals surface area contributed by atoms with Gasteiger partial charge in [-0.2, -0.15) is 0 Å². The van der Waals surface area contributed by atoms with Crippen molar-refractivity contribution in [3.63, 3.8) is 0 Å². The van der Waals surface area contributed by atoms with E-state index in [-0.39, 0.29) is 5.91 Å². The van der Waals surface area contributed by atoms with E-state index >= 15 is 0 Å². The normalized spacial score (nSPS) is 19.4. The van der Waals surface area contributed by atoms with Gasteiger partial charge >= 0.3 is 0 Å². The molecular formula is C23H25Br2N2O4. The Kier molecular flexibility index (Phi) is 7.78. The summed E-state index contributed by atoms with van der Waals surface area (Å²) >= 11 is 6.89. The Morgan fingerprint density at radius 3 is 2.45 bits per heavy atom. The number of likely N-dealkylation sites (tertiary alicyclic amines) is 1. The van der Waals surface area contributed by atoms with Gasteiger partial charge in [-0.3, -0.25) is 14.8 Å². The van der Waals surface area contributed by atoms with Crippen LogP contribution < -0.4 is 10.2 Å². The summed E-state index contributed by atoms with van der Waals surface area (Å²) in [6.45, 7) is 6.15. The van der Waals surface area contributed by atoms with Gasteiger partial charge in [0.05, 0.1) is 5.41 Å². The van der Waals surface area contributed by atoms with Crippen LogP contribution in [0.5, 0.6) is 11.5 Å². The van der Waals surface area contributed by atoms with Gasteiger partial charge < -0.3 is 9.64 Å². The molecule has 1 aliphatic rings. The van der Waals surface area contributed by atoms with Gasteiger partial charge in [-0.05, 0) is 55.7 Å². The molecule has 3 rings (SSSR count). The molecule has 1 fully saturated rings. The van der Waals surface area contributed by atoms with E-state index in [4.69, 9.17) is 9.94 Å². The van der Waals surface area contributed by atoms with Gasteiger partial charge in [-0.1, -0.05) is 63.8 Å². The van der Waals surface area contributed by atoms with E-state index in [2.05, 4.69) is 38.8 Å². The minimum atomic E-state index is -0.740. The molecule has 2 unspecified atom stereocenters. The third kappa shape index (κ3) is 5.30. The fourth-order valence-electron chi connectivity index (χ4n) is 3.89. The Morgan fingerprint density at radius 2 is 1.87 bits per heavy atom. The molecular weight excluding hydrogens is 528 g/mol. The van der Waals surface area contributed by atoms with Crippen LogP contribution in [-0.4, -0.2) is 34.5 Å². The molecule has 2 amide bonds. The van der Waals surface area contributed by atoms with Crippen LogP contribution in [0.1, 0.15) is 38.2 Å². The Morgan fingerprint density at radius 1 is 1.23 bits per heavy atom. The number of carbonyl (C=O) groups is 2. The lowest BCUT2D eigenvalue weighted by molar-refractivity contribution is -0.144. The lowest BCUT2D eigenvalue weighted by Crippen LogP contribution is -2.49. The Labute approximate surface area is 199 Å². The highest BCUT2D eigenvalue weighted by Gasteiger charge is 2.47. The summed E-state index contributed by atoms with van der Waals surface area (Å²) in [7, 11) is 0. The molecule has 165 valence electrons. The van der Waals surface area contributed by atoms with Crippen LogP contribution in [0.4, 0.5) is 0 Å². The highest BCUT2D eigenvalue weighted by Crippen LogP contribution is 2.38. The van der Waals surface area contributed by atoms with Crippen LogP contribution in [0, 0.1) is 6.92 Å². The fourth-order valence-corrected chi connectivity index (χ4v) is 5.14. The third-order valence-corrected chi connectivity index (χ3v) is 6.58. The molecule has 1 saturated heterocycles. The van der Waals surface area contributed by atoms with Crippen LogP contribution in [0.3, 0.4) is 0 Å². The second kappa shape index (κ2) is 10.1. The molecule has 1 heterocycles. The molecule has 6 nitrogen and oxygen atoms in total. The number of amides is 2. The zero-order valence-corrected chi connectivity index (χ0v) is 20.4. The summed E-state index contributed by atoms with van der Waals surface area (Å²) in [4.78, 5) is 27.1. The van der Waals surface area contributed by atoms with Crippen molar-refractivity contribution < 1.29 is 19.5 Å². The number of carbonyl (C=O) groups excluding carboxylic acids is 2. The molecule has 2 aromatic carbocycles. The summed E-state index contributed by atoms with van der Waals surface area (Å²) in [5.74, 6) is 0.670. The van der Waals surface area contributed by atoms with Crippen molar-refractivity contribution in [3.8, 4) is 11.5 Å². The molecule has 2 N–H and O–H groups in total. The SMILES string of the molecule is [CH2]CCCC(C(=O)NO)N1CCC(C)(c2ccc(Oc3cc(Br)cc(Br)c3)cc2)C1=O. The highest BCUT2D eigenvalue weighted by atomic mass is 79.9. The van der Waals surface area contributed by atoms with Crippen LogP contribution >= 0.6 is 31.9 Å². The predicted octanol–water partition coefficient (Wildman–Crippen LogP) is 5.37. The maximum Gasteiger partial charge on any atom is 0.266 e. The topological polar surface area (TPSA) is 78.9 Å². The van der Waals surface area contributed by atoms with Gasteiger partial charge in [0.15, 0.2) is 0 Å². The number of hydrogen-bond donors (Lipinski definition) is 2. The van der Waals surface area contributed by atoms with E-state index in [1.54, 1.807) is 10.4 Å². The smallest absolute Gasteiger partial charge is 0.266 e. The van der Waals surface area contributed by atoms with Crippen molar-refractivity contribution in [2.45, 2.75) is 44.1 Å². The van der Waals surface area contributed by atoms with Gasteiger partial charge in [-0.25, -0.2) is 5.48 Å². The largest absolute Gasteiger partial charge is 0.457 e. The second-order valence-corrected chi connectivity index (χ2v) is 9.63. The first-order valence-corrected chi connectivity index (χ1v) is 11.7. The monoisotopic (exact) mass is 551 g/mol. The first-order valence-electron chi connectivity index (χ1n) is 10.1. The first-order chi connectivity index (χ1) is 14.8. The number of rotatable bonds is 8. The minimum Gasteiger partial charge on any atom is -0.457 e. The molecule has 0 bridgehead atoms. The van der Waals surface area contributed by atoms with E-state index in [0.29, 0.717) is 43.7 Å². The molecule has 31 heavy (non-hydrogen) atoms. The molecule has 1 aliphatic heterocycles. The highest BCUT2D eigenvalue weighted by molar-refractivity contribution is 9.11. The number of halogens is 2. The summed E-state index contributed by atoms with van der Waals surface area (Å²) in [6, 6.07) is 12.4. The van der Waals surface area contributed by atoms with Crippen LogP contribution in [0.2, 0.25) is 0 Å². The fraction of sp³-hybridized carbons (Fsp3) is 0.348. The number of nitrogens with one attached hydrogen (secondary N) is 1. The lowest BCUT2D eigenvalue weighted by atomic mass is 9.81. The van der Waals surface area contributed by atoms with Crippen molar-refractivity contribution >= 4 is 43.7 Å². The van der Waals surface area contributed by atoms with Crippen molar-refractivity contribution in [1.82, 2.24) is 10.4 Å². The molecule has 0 saturated carbocycles. The number of hydroxylamine groups is 1. The van der Waals surface area contributed by atoms with E-state index in [0.717, 1.165) is 14.5 Å². The van der Waals surface area contributed by atoms with Gasteiger partial charge in [0, 0.05) is 15.5 Å². The predicted molar refractivity (Wildman–Crippen MR) is 125 cm³/mol. The zero-order valence-electron chi connectivity index (χ0n) is 17.2. The van der Waals surface area contributed by atoms with Gasteiger partial charge in [0.25, 0.3) is 5.91 Å². The molecule has 2 atom stereocenters. The Hall–Kier alpha value is -1.90. The number of benzene rings is 2. The van der Waals surface area contributed by atoms with Crippen molar-refractivity contribution in [2.75, 3.05) is 6.54 Å². The number of hydrogen-bond acceptors (Lipinski definition) is 4. The van der Waals surface area contributed by atoms with Crippen molar-refractivity contribution in [3.05, 3.63) is 63.9 Å². The van der Waals surface area contributed by atoms with Crippen LogP contribution in [0.25, 0.3) is 0 Å². The third-order valence-electron chi connectivity index (χ3n) is 5.67. The maximum absolute atomic E-state index is 13.3. The number of ether oxygens (including phenoxy) is 1. The lowest BCUT2D eigenvalue weighted by Gasteiger charge is -2.29. The molecule has 1 radical (unpaired) electrons. The van der Waals surface area contributed by atoms with E-state index < -0.39 is 17.4 Å². The average Bonchev–Trinajstić information content (AvgIpc) is 3.03. The average molecular weight is 553 g/mol. The number of nitrogens with zero attached hydrogens (tertiary/aromatic N) is 1. The molecule has 0 spiro atoms. The summed E-state index contributed by atoms with van der Waals surface area (Å²) in [5.41, 5.74) is 1.82. The van der Waals surface area contributed by atoms with E-state index in [1.165, 1.54) is 0 Å². The van der Waals surface area contributed by atoms with Gasteiger partial charge in [0.2, 0.25) is 5.91 Å². The van der Waals surface area contributed by atoms with Crippen LogP contribution in [0.15, 0.2) is 51.4 Å². The Balaban J connectivity index is 1.77. The molecule has 0 aliphatic carbocycles. The standard InChI is InChI=1S/C23H25Br2N2O4/c1-3-4-5-20(21(28)26-30)27-11-10-23(2,22(27)29)15-6-8-18(9-7-15)31-19-13-16(24)12-17(25)14-19/h6-9,12-14,20,30H,1,3-5,10-11H2,2H3,(H,26,28). The maximum atomic E-state index is 13.3. The molecule has 2 aromatic rings. The second-order valence-electron chi connectivity index (χ2n) is 7.80. The number of unbranched alkanes of at least 4 members (excludes halogenated alkanes) is 1.